The Labute approximate surface area is 513 Å². The van der Waals surface area contributed by atoms with E-state index in [0.29, 0.717) is 19.3 Å². The van der Waals surface area contributed by atoms with Gasteiger partial charge in [0.05, 0.1) is 0 Å². The summed E-state index contributed by atoms with van der Waals surface area (Å²) in [7, 11) is 0. The first kappa shape index (κ1) is 79.9. The summed E-state index contributed by atoms with van der Waals surface area (Å²) in [6.07, 6.45) is 88.1. The van der Waals surface area contributed by atoms with Crippen molar-refractivity contribution < 1.29 is 28.6 Å². The van der Waals surface area contributed by atoms with Crippen molar-refractivity contribution in [3.63, 3.8) is 0 Å². The second-order valence-electron chi connectivity index (χ2n) is 25.6. The fraction of sp³-hybridized carbons (Fsp3) is 0.908. The fourth-order valence-corrected chi connectivity index (χ4v) is 11.6. The third kappa shape index (κ3) is 68.7. The highest BCUT2D eigenvalue weighted by Crippen LogP contribution is 2.19. The number of carbonyl (C=O) groups excluding carboxylic acids is 3. The lowest BCUT2D eigenvalue weighted by Gasteiger charge is -2.18. The van der Waals surface area contributed by atoms with Crippen LogP contribution in [0.2, 0.25) is 0 Å². The van der Waals surface area contributed by atoms with E-state index in [1.807, 2.05) is 0 Å². The maximum atomic E-state index is 12.9. The van der Waals surface area contributed by atoms with Crippen LogP contribution in [0.4, 0.5) is 0 Å². The molecule has 484 valence electrons. The Kier molecular flexibility index (Phi) is 69.5. The summed E-state index contributed by atoms with van der Waals surface area (Å²) in [4.78, 5) is 38.4. The second kappa shape index (κ2) is 71.4. The molecule has 0 bridgehead atoms. The summed E-state index contributed by atoms with van der Waals surface area (Å²) in [6, 6.07) is 0. The van der Waals surface area contributed by atoms with Gasteiger partial charge in [0.25, 0.3) is 0 Å². The number of hydrogen-bond acceptors (Lipinski definition) is 6. The number of carbonyl (C=O) groups is 3. The minimum absolute atomic E-state index is 0.0703. The van der Waals surface area contributed by atoms with Crippen LogP contribution in [0.25, 0.3) is 0 Å². The Morgan fingerprint density at radius 3 is 0.610 bits per heavy atom. The quantitative estimate of drug-likeness (QED) is 0.0261. The average Bonchev–Trinajstić information content (AvgIpc) is 3.48. The van der Waals surface area contributed by atoms with Gasteiger partial charge in [-0.05, 0) is 70.6 Å². The summed E-state index contributed by atoms with van der Waals surface area (Å²) >= 11 is 0. The molecule has 0 amide bonds. The van der Waals surface area contributed by atoms with Crippen molar-refractivity contribution in [2.75, 3.05) is 13.2 Å². The Balaban J connectivity index is 4.13. The van der Waals surface area contributed by atoms with Crippen LogP contribution in [0.5, 0.6) is 0 Å². The normalized spacial score (nSPS) is 12.1. The Morgan fingerprint density at radius 2 is 0.402 bits per heavy atom. The molecule has 0 aliphatic carbocycles. The molecule has 0 radical (unpaired) electrons. The zero-order valence-electron chi connectivity index (χ0n) is 55.8. The molecule has 6 nitrogen and oxygen atoms in total. The number of ether oxygens (including phenoxy) is 3. The second-order valence-corrected chi connectivity index (χ2v) is 25.6. The highest BCUT2D eigenvalue weighted by molar-refractivity contribution is 5.71. The van der Waals surface area contributed by atoms with Crippen molar-refractivity contribution in [1.82, 2.24) is 0 Å². The predicted octanol–water partition coefficient (Wildman–Crippen LogP) is 25.7. The number of unbranched alkanes of at least 4 members (excludes halogenated alkanes) is 55. The van der Waals surface area contributed by atoms with Crippen LogP contribution in [0.3, 0.4) is 0 Å². The van der Waals surface area contributed by atoms with Crippen molar-refractivity contribution in [1.29, 1.82) is 0 Å². The van der Waals surface area contributed by atoms with Crippen molar-refractivity contribution in [2.45, 2.75) is 431 Å². The first-order valence-electron chi connectivity index (χ1n) is 37.3. The van der Waals surface area contributed by atoms with Gasteiger partial charge in [0.15, 0.2) is 6.10 Å². The topological polar surface area (TPSA) is 78.9 Å². The van der Waals surface area contributed by atoms with E-state index in [9.17, 15) is 14.4 Å². The van der Waals surface area contributed by atoms with Gasteiger partial charge in [0, 0.05) is 19.3 Å². The third-order valence-corrected chi connectivity index (χ3v) is 17.2. The SMILES string of the molecule is CCCCCCC/C=C\CCCCCCCC(=O)OCC(COC(=O)CCCCCCCCCCCCCCCCCCCCCCCCCCCCCCCCCC)OC(=O)CCCCCCCCC/C=C\CCCCCCCCC. The van der Waals surface area contributed by atoms with E-state index in [1.165, 1.54) is 321 Å². The average molecular weight is 1150 g/mol. The van der Waals surface area contributed by atoms with Crippen molar-refractivity contribution >= 4 is 17.9 Å². The van der Waals surface area contributed by atoms with Gasteiger partial charge < -0.3 is 14.2 Å². The molecule has 1 unspecified atom stereocenters. The Morgan fingerprint density at radius 1 is 0.232 bits per heavy atom. The highest BCUT2D eigenvalue weighted by Gasteiger charge is 2.20. The molecule has 0 aliphatic rings. The highest BCUT2D eigenvalue weighted by atomic mass is 16.6. The smallest absolute Gasteiger partial charge is 0.306 e. The summed E-state index contributed by atoms with van der Waals surface area (Å²) in [6.45, 7) is 6.70. The van der Waals surface area contributed by atoms with Crippen LogP contribution < -0.4 is 0 Å². The molecule has 6 heteroatoms. The van der Waals surface area contributed by atoms with E-state index in [4.69, 9.17) is 14.2 Å². The zero-order chi connectivity index (χ0) is 59.2. The van der Waals surface area contributed by atoms with E-state index in [2.05, 4.69) is 45.1 Å². The fourth-order valence-electron chi connectivity index (χ4n) is 11.6. The summed E-state index contributed by atoms with van der Waals surface area (Å²) in [5.74, 6) is -0.853. The summed E-state index contributed by atoms with van der Waals surface area (Å²) < 4.78 is 17.0. The lowest BCUT2D eigenvalue weighted by molar-refractivity contribution is -0.167. The van der Waals surface area contributed by atoms with Crippen LogP contribution >= 0.6 is 0 Å². The molecule has 0 fully saturated rings. The van der Waals surface area contributed by atoms with Gasteiger partial charge in [0.1, 0.15) is 13.2 Å². The zero-order valence-corrected chi connectivity index (χ0v) is 55.8. The molecule has 0 aromatic rings. The van der Waals surface area contributed by atoms with Gasteiger partial charge in [-0.2, -0.15) is 0 Å². The number of rotatable bonds is 70. The van der Waals surface area contributed by atoms with Gasteiger partial charge >= 0.3 is 17.9 Å². The van der Waals surface area contributed by atoms with Gasteiger partial charge in [-0.3, -0.25) is 14.4 Å². The maximum Gasteiger partial charge on any atom is 0.306 e. The summed E-state index contributed by atoms with van der Waals surface area (Å²) in [5.41, 5.74) is 0. The molecule has 0 rings (SSSR count). The maximum absolute atomic E-state index is 12.9. The van der Waals surface area contributed by atoms with Crippen molar-refractivity contribution in [2.24, 2.45) is 0 Å². The predicted molar refractivity (Wildman–Crippen MR) is 358 cm³/mol. The van der Waals surface area contributed by atoms with E-state index in [-0.39, 0.29) is 31.1 Å². The van der Waals surface area contributed by atoms with Crippen LogP contribution in [-0.2, 0) is 28.6 Å². The van der Waals surface area contributed by atoms with Gasteiger partial charge in [-0.25, -0.2) is 0 Å². The van der Waals surface area contributed by atoms with Crippen molar-refractivity contribution in [3.05, 3.63) is 24.3 Å². The molecule has 0 aromatic heterocycles. The number of hydrogen-bond donors (Lipinski definition) is 0. The third-order valence-electron chi connectivity index (χ3n) is 17.2. The molecule has 0 aromatic carbocycles. The van der Waals surface area contributed by atoms with Crippen molar-refractivity contribution in [3.8, 4) is 0 Å². The minimum Gasteiger partial charge on any atom is -0.462 e. The molecular weight excluding hydrogens is 1010 g/mol. The molecule has 0 spiro atoms. The first-order valence-corrected chi connectivity index (χ1v) is 37.3. The Hall–Kier alpha value is -2.11. The molecule has 1 atom stereocenters. The number of allylic oxidation sites excluding steroid dienone is 4. The summed E-state index contributed by atoms with van der Waals surface area (Å²) in [5, 5.41) is 0. The van der Waals surface area contributed by atoms with Gasteiger partial charge in [0.2, 0.25) is 0 Å². The molecule has 0 N–H and O–H groups in total. The molecule has 0 saturated carbocycles. The van der Waals surface area contributed by atoms with Gasteiger partial charge in [-0.15, -0.1) is 0 Å². The largest absolute Gasteiger partial charge is 0.462 e. The molecule has 0 saturated heterocycles. The number of esters is 3. The molecule has 82 heavy (non-hydrogen) atoms. The van der Waals surface area contributed by atoms with E-state index in [1.54, 1.807) is 0 Å². The standard InChI is InChI=1S/C76H144O6/c1-4-7-10-13-16-19-22-25-28-30-32-33-34-35-36-37-38-39-40-41-42-43-44-45-47-48-51-54-57-60-63-66-69-75(78)81-72-73(71-80-74(77)68-65-62-59-56-53-50-27-24-21-18-15-12-9-6-3)82-76(79)70-67-64-61-58-55-52-49-46-31-29-26-23-20-17-14-11-8-5-2/h24,27,29,31,73H,4-23,25-26,28,30,32-72H2,1-3H3/b27-24-,31-29-. The Bertz CT molecular complexity index is 1320. The van der Waals surface area contributed by atoms with Crippen LogP contribution in [-0.4, -0.2) is 37.2 Å². The molecular formula is C76H144O6. The lowest BCUT2D eigenvalue weighted by atomic mass is 10.0. The van der Waals surface area contributed by atoms with Crippen LogP contribution in [0.1, 0.15) is 425 Å². The van der Waals surface area contributed by atoms with Gasteiger partial charge in [-0.1, -0.05) is 360 Å². The first-order chi connectivity index (χ1) is 40.5. The van der Waals surface area contributed by atoms with Crippen LogP contribution in [0.15, 0.2) is 24.3 Å². The van der Waals surface area contributed by atoms with Crippen LogP contribution in [0, 0.1) is 0 Å². The monoisotopic (exact) mass is 1150 g/mol. The molecule has 0 aliphatic heterocycles. The lowest BCUT2D eigenvalue weighted by Crippen LogP contribution is -2.30. The minimum atomic E-state index is -0.775. The van der Waals surface area contributed by atoms with E-state index >= 15 is 0 Å². The van der Waals surface area contributed by atoms with E-state index in [0.717, 1.165) is 64.2 Å². The molecule has 0 heterocycles. The van der Waals surface area contributed by atoms with E-state index < -0.39 is 6.10 Å².